The molecule has 8 atom stereocenters. The van der Waals surface area contributed by atoms with E-state index in [1.165, 1.54) is 20.3 Å². The van der Waals surface area contributed by atoms with Gasteiger partial charge in [-0.25, -0.2) is 9.78 Å². The van der Waals surface area contributed by atoms with Crippen molar-refractivity contribution >= 4 is 17.8 Å². The summed E-state index contributed by atoms with van der Waals surface area (Å²) < 4.78 is 34.8. The lowest BCUT2D eigenvalue weighted by Gasteiger charge is -2.60. The second-order valence-electron chi connectivity index (χ2n) is 13.2. The van der Waals surface area contributed by atoms with E-state index in [4.69, 9.17) is 38.2 Å². The number of ketones is 1. The van der Waals surface area contributed by atoms with Gasteiger partial charge >= 0.3 is 0 Å². The number of carbonyl (C=O) groups is 2. The SMILES string of the molecule is COc1ccc(/C=C/C(=O)c2ccc(COCC(=O)N[C@@H]3O[C@@H]4O[C@@]5(C)CC[C@H]6[C@H](C)CC[C@@H]([C@H]3C)[C@@]46OO5)cc2)c(OC)c1OC. The van der Waals surface area contributed by atoms with E-state index in [9.17, 15) is 9.59 Å². The first-order chi connectivity index (χ1) is 22.6. The molecule has 1 amide bonds. The first kappa shape index (κ1) is 33.4. The van der Waals surface area contributed by atoms with Gasteiger partial charge < -0.3 is 33.7 Å². The van der Waals surface area contributed by atoms with E-state index in [2.05, 4.69) is 19.2 Å². The normalized spacial score (nSPS) is 32.7. The summed E-state index contributed by atoms with van der Waals surface area (Å²) in [6.45, 7) is 6.33. The lowest BCUT2D eigenvalue weighted by atomic mass is 9.58. The highest BCUT2D eigenvalue weighted by atomic mass is 17.3. The molecular weight excluding hydrogens is 606 g/mol. The summed E-state index contributed by atoms with van der Waals surface area (Å²) in [4.78, 5) is 37.9. The molecule has 0 aromatic heterocycles. The van der Waals surface area contributed by atoms with Crippen LogP contribution in [0.4, 0.5) is 0 Å². The molecule has 2 aromatic carbocycles. The van der Waals surface area contributed by atoms with Gasteiger partial charge in [0, 0.05) is 29.4 Å². The fourth-order valence-corrected chi connectivity index (χ4v) is 7.81. The monoisotopic (exact) mass is 651 g/mol. The van der Waals surface area contributed by atoms with Gasteiger partial charge in [0.2, 0.25) is 17.4 Å². The molecule has 11 nitrogen and oxygen atoms in total. The van der Waals surface area contributed by atoms with E-state index in [0.717, 1.165) is 31.2 Å². The molecular formula is C36H45NO10. The van der Waals surface area contributed by atoms with Gasteiger partial charge in [0.05, 0.1) is 27.9 Å². The summed E-state index contributed by atoms with van der Waals surface area (Å²) in [6.07, 6.45) is 5.72. The number of benzene rings is 2. The predicted molar refractivity (Wildman–Crippen MR) is 171 cm³/mol. The van der Waals surface area contributed by atoms with Crippen molar-refractivity contribution in [3.05, 3.63) is 59.2 Å². The first-order valence-corrected chi connectivity index (χ1v) is 16.3. The van der Waals surface area contributed by atoms with E-state index >= 15 is 0 Å². The van der Waals surface area contributed by atoms with Crippen molar-refractivity contribution in [3.63, 3.8) is 0 Å². The van der Waals surface area contributed by atoms with Crippen molar-refractivity contribution in [1.82, 2.24) is 5.32 Å². The van der Waals surface area contributed by atoms with Crippen LogP contribution in [0.15, 0.2) is 42.5 Å². The summed E-state index contributed by atoms with van der Waals surface area (Å²) >= 11 is 0. The lowest BCUT2D eigenvalue weighted by molar-refractivity contribution is -0.571. The molecule has 7 rings (SSSR count). The molecule has 47 heavy (non-hydrogen) atoms. The Kier molecular flexibility index (Phi) is 9.64. The van der Waals surface area contributed by atoms with Crippen molar-refractivity contribution in [3.8, 4) is 17.2 Å². The molecule has 1 N–H and O–H groups in total. The largest absolute Gasteiger partial charge is 0.493 e. The fraction of sp³-hybridized carbons (Fsp3) is 0.556. The van der Waals surface area contributed by atoms with Crippen LogP contribution in [0.25, 0.3) is 6.08 Å². The number of allylic oxidation sites excluding steroid dienone is 1. The minimum Gasteiger partial charge on any atom is -0.493 e. The van der Waals surface area contributed by atoms with Gasteiger partial charge in [0.25, 0.3) is 0 Å². The highest BCUT2D eigenvalue weighted by Gasteiger charge is 2.69. The second-order valence-corrected chi connectivity index (χ2v) is 13.2. The third-order valence-electron chi connectivity index (χ3n) is 10.4. The van der Waals surface area contributed by atoms with Crippen molar-refractivity contribution in [1.29, 1.82) is 0 Å². The van der Waals surface area contributed by atoms with Crippen LogP contribution in [0, 0.1) is 23.7 Å². The molecule has 11 heteroatoms. The summed E-state index contributed by atoms with van der Waals surface area (Å²) in [5, 5.41) is 3.03. The number of ether oxygens (including phenoxy) is 6. The van der Waals surface area contributed by atoms with Crippen molar-refractivity contribution < 1.29 is 47.8 Å². The predicted octanol–water partition coefficient (Wildman–Crippen LogP) is 5.45. The van der Waals surface area contributed by atoms with Crippen LogP contribution in [-0.4, -0.2) is 63.5 Å². The zero-order chi connectivity index (χ0) is 33.3. The van der Waals surface area contributed by atoms with Crippen molar-refractivity contribution in [2.75, 3.05) is 27.9 Å². The molecule has 2 aromatic rings. The standard InChI is InChI=1S/C36H45NO10/c1-21-7-14-27-22(2)33(44-34-36(27)26(21)17-18-35(3,45-34)46-47-36)37-30(39)20-43-19-23-8-10-24(11-9-23)28(38)15-12-25-13-16-29(40-4)32(42-6)31(25)41-5/h8-13,15-16,21-22,26-27,33-34H,7,14,17-20H2,1-6H3,(H,37,39)/b15-12+/t21-,22-,26+,27+,33-,34-,35-,36-/m1/s1. The zero-order valence-electron chi connectivity index (χ0n) is 27.9. The molecule has 1 aliphatic carbocycles. The van der Waals surface area contributed by atoms with Crippen LogP contribution in [-0.2, 0) is 35.4 Å². The van der Waals surface area contributed by atoms with Gasteiger partial charge in [-0.15, -0.1) is 0 Å². The molecule has 1 saturated carbocycles. The lowest BCUT2D eigenvalue weighted by Crippen LogP contribution is -2.72. The maximum atomic E-state index is 13.0. The molecule has 0 unspecified atom stereocenters. The average Bonchev–Trinajstić information content (AvgIpc) is 3.31. The van der Waals surface area contributed by atoms with Crippen LogP contribution in [0.2, 0.25) is 0 Å². The van der Waals surface area contributed by atoms with Crippen LogP contribution in [0.5, 0.6) is 17.2 Å². The van der Waals surface area contributed by atoms with Crippen molar-refractivity contribution in [2.24, 2.45) is 23.7 Å². The number of methoxy groups -OCH3 is 3. The zero-order valence-corrected chi connectivity index (χ0v) is 27.9. The molecule has 4 heterocycles. The number of rotatable bonds is 11. The molecule has 1 spiro atoms. The first-order valence-electron chi connectivity index (χ1n) is 16.3. The van der Waals surface area contributed by atoms with Gasteiger partial charge in [-0.1, -0.05) is 38.1 Å². The minimum atomic E-state index is -0.871. The Bertz CT molecular complexity index is 1490. The Morgan fingerprint density at radius 2 is 1.70 bits per heavy atom. The Morgan fingerprint density at radius 3 is 2.43 bits per heavy atom. The van der Waals surface area contributed by atoms with E-state index in [1.54, 1.807) is 37.5 Å². The maximum Gasteiger partial charge on any atom is 0.248 e. The number of nitrogens with one attached hydrogen (secondary N) is 1. The number of fused-ring (bicyclic) bond motifs is 2. The van der Waals surface area contributed by atoms with Gasteiger partial charge in [-0.3, -0.25) is 9.59 Å². The Hall–Kier alpha value is -3.48. The highest BCUT2D eigenvalue weighted by Crippen LogP contribution is 2.60. The van der Waals surface area contributed by atoms with E-state index in [0.29, 0.717) is 34.3 Å². The molecule has 5 aliphatic rings. The fourth-order valence-electron chi connectivity index (χ4n) is 7.81. The maximum absolute atomic E-state index is 13.0. The van der Waals surface area contributed by atoms with Gasteiger partial charge in [0.1, 0.15) is 12.8 Å². The van der Waals surface area contributed by atoms with E-state index in [1.807, 2.05) is 19.1 Å². The Labute approximate surface area is 275 Å². The third-order valence-corrected chi connectivity index (χ3v) is 10.4. The second kappa shape index (κ2) is 13.6. The molecule has 5 fully saturated rings. The number of hydrogen-bond donors (Lipinski definition) is 1. The smallest absolute Gasteiger partial charge is 0.248 e. The summed E-state index contributed by atoms with van der Waals surface area (Å²) in [5.41, 5.74) is 1.35. The summed E-state index contributed by atoms with van der Waals surface area (Å²) in [7, 11) is 4.61. The topological polar surface area (TPSA) is 120 Å². The average molecular weight is 652 g/mol. The third kappa shape index (κ3) is 6.27. The minimum absolute atomic E-state index is 0.00757. The van der Waals surface area contributed by atoms with Crippen molar-refractivity contribution in [2.45, 2.75) is 77.0 Å². The van der Waals surface area contributed by atoms with Crippen LogP contribution in [0.3, 0.4) is 0 Å². The molecule has 2 bridgehead atoms. The van der Waals surface area contributed by atoms with Crippen LogP contribution in [0.1, 0.15) is 67.9 Å². The Morgan fingerprint density at radius 1 is 0.936 bits per heavy atom. The highest BCUT2D eigenvalue weighted by molar-refractivity contribution is 6.07. The number of amides is 1. The van der Waals surface area contributed by atoms with Crippen LogP contribution < -0.4 is 19.5 Å². The van der Waals surface area contributed by atoms with Gasteiger partial charge in [0.15, 0.2) is 29.2 Å². The van der Waals surface area contributed by atoms with E-state index in [-0.39, 0.29) is 42.7 Å². The quantitative estimate of drug-likeness (QED) is 0.191. The molecule has 0 radical (unpaired) electrons. The van der Waals surface area contributed by atoms with Crippen LogP contribution >= 0.6 is 0 Å². The number of hydrogen-bond acceptors (Lipinski definition) is 10. The summed E-state index contributed by atoms with van der Waals surface area (Å²) in [6, 6.07) is 10.6. The van der Waals surface area contributed by atoms with E-state index < -0.39 is 23.9 Å². The number of carbonyl (C=O) groups excluding carboxylic acids is 2. The summed E-state index contributed by atoms with van der Waals surface area (Å²) in [5.74, 6) is 0.978. The molecule has 4 saturated heterocycles. The molecule has 254 valence electrons. The van der Waals surface area contributed by atoms with Gasteiger partial charge in [-0.05, 0) is 67.9 Å². The Balaban J connectivity index is 1.02. The molecule has 4 aliphatic heterocycles. The van der Waals surface area contributed by atoms with Gasteiger partial charge in [-0.2, -0.15) is 0 Å².